The number of aliphatic imine (C=N–C) groups is 1. The fourth-order valence-electron chi connectivity index (χ4n) is 3.18. The van der Waals surface area contributed by atoms with Crippen LogP contribution in [0.25, 0.3) is 6.08 Å². The van der Waals surface area contributed by atoms with Crippen LogP contribution in [0, 0.1) is 12.3 Å². The first-order chi connectivity index (χ1) is 17.1. The molecule has 36 heavy (non-hydrogen) atoms. The summed E-state index contributed by atoms with van der Waals surface area (Å²) in [7, 11) is 1.44. The number of amidine groups is 2. The van der Waals surface area contributed by atoms with Gasteiger partial charge in [0, 0.05) is 5.02 Å². The van der Waals surface area contributed by atoms with Crippen LogP contribution in [-0.4, -0.2) is 53.5 Å². The van der Waals surface area contributed by atoms with Crippen LogP contribution >= 0.6 is 23.4 Å². The standard InChI is InChI=1S/C23H18ClF3N4O4S/c1-12-9-14(4-5-16(12)24)34-7-8-35-17-6-3-13(11-18(17)33-2)10-15-19(28)31-22(29-20(15)32)36-21(30-31)23(25,26)27/h3-6,9-11,28H,7-8H2,1-2H3/b15-10-,28-19?. The summed E-state index contributed by atoms with van der Waals surface area (Å²) in [4.78, 5) is 16.1. The zero-order valence-electron chi connectivity index (χ0n) is 18.9. The SMILES string of the molecule is COc1cc(/C=C2/C(=N)N3N=C(C(F)(F)F)SC3=NC2=O)ccc1OCCOc1ccc(Cl)c(C)c1. The van der Waals surface area contributed by atoms with E-state index in [4.69, 9.17) is 31.2 Å². The molecule has 8 nitrogen and oxygen atoms in total. The molecule has 1 N–H and O–H groups in total. The maximum Gasteiger partial charge on any atom is 0.441 e. The molecule has 0 aliphatic carbocycles. The van der Waals surface area contributed by atoms with E-state index >= 15 is 0 Å². The van der Waals surface area contributed by atoms with Crippen molar-refractivity contribution in [2.75, 3.05) is 20.3 Å². The van der Waals surface area contributed by atoms with E-state index in [1.165, 1.54) is 13.2 Å². The highest BCUT2D eigenvalue weighted by Gasteiger charge is 2.46. The highest BCUT2D eigenvalue weighted by Crippen LogP contribution is 2.36. The molecule has 0 spiro atoms. The minimum absolute atomic E-state index is 0.194. The Hall–Kier alpha value is -3.51. The number of fused-ring (bicyclic) bond motifs is 1. The van der Waals surface area contributed by atoms with Gasteiger partial charge in [-0.2, -0.15) is 28.3 Å². The number of hydrogen-bond donors (Lipinski definition) is 1. The molecule has 0 unspecified atom stereocenters. The van der Waals surface area contributed by atoms with Crippen LogP contribution in [0.5, 0.6) is 17.2 Å². The van der Waals surface area contributed by atoms with Crippen LogP contribution in [0.4, 0.5) is 13.2 Å². The number of halogens is 4. The van der Waals surface area contributed by atoms with Crippen molar-refractivity contribution >= 4 is 51.4 Å². The molecule has 4 rings (SSSR count). The summed E-state index contributed by atoms with van der Waals surface area (Å²) in [5.41, 5.74) is 1.13. The highest BCUT2D eigenvalue weighted by atomic mass is 35.5. The summed E-state index contributed by atoms with van der Waals surface area (Å²) in [6.45, 7) is 2.35. The zero-order valence-corrected chi connectivity index (χ0v) is 20.4. The number of hydrogen-bond acceptors (Lipinski definition) is 7. The van der Waals surface area contributed by atoms with E-state index in [1.54, 1.807) is 30.3 Å². The number of thioether (sulfide) groups is 1. The second kappa shape index (κ2) is 10.2. The molecule has 1 amide bonds. The Morgan fingerprint density at radius 3 is 2.58 bits per heavy atom. The number of hydrazone groups is 1. The first-order valence-electron chi connectivity index (χ1n) is 10.3. The second-order valence-electron chi connectivity index (χ2n) is 7.44. The lowest BCUT2D eigenvalue weighted by Crippen LogP contribution is -2.35. The lowest BCUT2D eigenvalue weighted by molar-refractivity contribution is -0.114. The number of nitrogens with one attached hydrogen (secondary N) is 1. The van der Waals surface area contributed by atoms with Gasteiger partial charge >= 0.3 is 6.18 Å². The molecule has 0 saturated carbocycles. The molecule has 2 aliphatic rings. The van der Waals surface area contributed by atoms with Crippen molar-refractivity contribution in [1.82, 2.24) is 5.01 Å². The number of alkyl halides is 3. The van der Waals surface area contributed by atoms with Gasteiger partial charge in [-0.05, 0) is 66.2 Å². The molecule has 188 valence electrons. The van der Waals surface area contributed by atoms with Gasteiger partial charge in [-0.3, -0.25) is 10.2 Å². The summed E-state index contributed by atoms with van der Waals surface area (Å²) in [5, 5.41) is 11.4. The average Bonchev–Trinajstić information content (AvgIpc) is 3.27. The first kappa shape index (κ1) is 25.6. The van der Waals surface area contributed by atoms with Gasteiger partial charge < -0.3 is 14.2 Å². The average molecular weight is 539 g/mol. The minimum atomic E-state index is -4.71. The lowest BCUT2D eigenvalue weighted by Gasteiger charge is -2.20. The summed E-state index contributed by atoms with van der Waals surface area (Å²) in [5.74, 6) is 0.0656. The van der Waals surface area contributed by atoms with Crippen LogP contribution in [0.1, 0.15) is 11.1 Å². The number of carbonyl (C=O) groups excluding carboxylic acids is 1. The first-order valence-corrected chi connectivity index (χ1v) is 11.5. The van der Waals surface area contributed by atoms with Gasteiger partial charge in [-0.25, -0.2) is 0 Å². The van der Waals surface area contributed by atoms with E-state index in [1.807, 2.05) is 13.0 Å². The predicted molar refractivity (Wildman–Crippen MR) is 131 cm³/mol. The zero-order chi connectivity index (χ0) is 26.0. The third kappa shape index (κ3) is 5.49. The van der Waals surface area contributed by atoms with Crippen molar-refractivity contribution in [2.45, 2.75) is 13.1 Å². The molecule has 2 aromatic rings. The molecular weight excluding hydrogens is 521 g/mol. The van der Waals surface area contributed by atoms with Gasteiger partial charge in [0.15, 0.2) is 17.3 Å². The Balaban J connectivity index is 1.45. The van der Waals surface area contributed by atoms with Crippen molar-refractivity contribution in [3.8, 4) is 17.2 Å². The lowest BCUT2D eigenvalue weighted by atomic mass is 10.1. The van der Waals surface area contributed by atoms with Crippen LogP contribution in [0.2, 0.25) is 5.02 Å². The van der Waals surface area contributed by atoms with E-state index in [-0.39, 0.29) is 35.7 Å². The highest BCUT2D eigenvalue weighted by molar-refractivity contribution is 8.27. The van der Waals surface area contributed by atoms with Gasteiger partial charge in [0.05, 0.1) is 12.7 Å². The Kier molecular flexibility index (Phi) is 7.27. The van der Waals surface area contributed by atoms with Gasteiger partial charge in [0.25, 0.3) is 5.91 Å². The summed E-state index contributed by atoms with van der Waals surface area (Å²) < 4.78 is 55.7. The Bertz CT molecular complexity index is 1330. The summed E-state index contributed by atoms with van der Waals surface area (Å²) >= 11 is 6.20. The number of nitrogens with zero attached hydrogens (tertiary/aromatic N) is 3. The van der Waals surface area contributed by atoms with E-state index in [2.05, 4.69) is 10.1 Å². The number of aryl methyl sites for hydroxylation is 1. The third-order valence-corrected chi connectivity index (χ3v) is 6.31. The molecule has 0 saturated heterocycles. The summed E-state index contributed by atoms with van der Waals surface area (Å²) in [6.07, 6.45) is -3.38. The molecule has 2 heterocycles. The fourth-order valence-corrected chi connectivity index (χ4v) is 4.06. The van der Waals surface area contributed by atoms with E-state index in [9.17, 15) is 18.0 Å². The number of methoxy groups -OCH3 is 1. The quantitative estimate of drug-likeness (QED) is 0.380. The van der Waals surface area contributed by atoms with E-state index in [0.717, 1.165) is 5.56 Å². The number of carbonyl (C=O) groups is 1. The molecule has 0 radical (unpaired) electrons. The maximum atomic E-state index is 13.0. The predicted octanol–water partition coefficient (Wildman–Crippen LogP) is 5.30. The molecule has 0 fully saturated rings. The number of rotatable bonds is 7. The number of benzene rings is 2. The van der Waals surface area contributed by atoms with Crippen LogP contribution in [-0.2, 0) is 4.79 Å². The third-order valence-electron chi connectivity index (χ3n) is 4.93. The van der Waals surface area contributed by atoms with E-state index in [0.29, 0.717) is 32.8 Å². The van der Waals surface area contributed by atoms with Gasteiger partial charge in [0.2, 0.25) is 10.2 Å². The van der Waals surface area contributed by atoms with Crippen LogP contribution in [0.15, 0.2) is 52.1 Å². The Labute approximate surface area is 212 Å². The van der Waals surface area contributed by atoms with Gasteiger partial charge in [-0.1, -0.05) is 17.7 Å². The Morgan fingerprint density at radius 1 is 1.14 bits per heavy atom. The van der Waals surface area contributed by atoms with Crippen molar-refractivity contribution in [3.05, 3.63) is 58.1 Å². The Morgan fingerprint density at radius 2 is 1.89 bits per heavy atom. The molecular formula is C23H18ClF3N4O4S. The van der Waals surface area contributed by atoms with E-state index < -0.39 is 23.0 Å². The molecule has 0 atom stereocenters. The van der Waals surface area contributed by atoms with Gasteiger partial charge in [0.1, 0.15) is 19.0 Å². The molecule has 13 heteroatoms. The fraction of sp³-hybridized carbons (Fsp3) is 0.217. The smallest absolute Gasteiger partial charge is 0.441 e. The van der Waals surface area contributed by atoms with Gasteiger partial charge in [-0.15, -0.1) is 0 Å². The van der Waals surface area contributed by atoms with Crippen LogP contribution in [0.3, 0.4) is 0 Å². The summed E-state index contributed by atoms with van der Waals surface area (Å²) in [6, 6.07) is 10.1. The normalized spacial score (nSPS) is 16.6. The molecule has 2 aliphatic heterocycles. The van der Waals surface area contributed by atoms with Crippen molar-refractivity contribution in [2.24, 2.45) is 10.1 Å². The maximum absolute atomic E-state index is 13.0. The molecule has 0 aromatic heterocycles. The monoisotopic (exact) mass is 538 g/mol. The minimum Gasteiger partial charge on any atom is -0.493 e. The van der Waals surface area contributed by atoms with Crippen molar-refractivity contribution in [3.63, 3.8) is 0 Å². The van der Waals surface area contributed by atoms with Crippen molar-refractivity contribution < 1.29 is 32.2 Å². The second-order valence-corrected chi connectivity index (χ2v) is 8.80. The number of ether oxygens (including phenoxy) is 3. The molecule has 2 aromatic carbocycles. The van der Waals surface area contributed by atoms with Crippen molar-refractivity contribution in [1.29, 1.82) is 5.41 Å². The number of amides is 1. The topological polar surface area (TPSA) is 96.6 Å². The largest absolute Gasteiger partial charge is 0.493 e. The van der Waals surface area contributed by atoms with Crippen LogP contribution < -0.4 is 14.2 Å². The molecule has 0 bridgehead atoms.